The standard InChI is InChI=1S/C50H42N3O2.C14H16NSi.Ir/c1-28(2)37-25-33(30-14-9-8-10-15-30)26-38(29(3)4)44(37)53-45-41(22-23-42-47(45)55-49(52-42)50(5,6)7)51-48(53)36-19-13-18-35-40-24-32-21-20-31-16-11-12-17-34(31)39(32)27-43(40)54-46(35)36;1-16(2,3)13-9-10-14(15-11-13)12-7-5-4-6-8-12;/h8-18,20-29H,1-7H3;4-7,9-11H,1-3H3;/q2*-1;. The molecule has 0 aliphatic heterocycles. The molecule has 0 unspecified atom stereocenters. The number of oxazole rings is 1. The van der Waals surface area contributed by atoms with E-state index in [0.29, 0.717) is 5.89 Å². The first kappa shape index (κ1) is 48.7. The Morgan fingerprint density at radius 3 is 1.97 bits per heavy atom. The van der Waals surface area contributed by atoms with Crippen LogP contribution in [0, 0.1) is 12.1 Å². The number of pyridine rings is 1. The summed E-state index contributed by atoms with van der Waals surface area (Å²) in [6, 6.07) is 60.1. The van der Waals surface area contributed by atoms with Crippen molar-refractivity contribution in [1.82, 2.24) is 19.5 Å². The van der Waals surface area contributed by atoms with E-state index in [-0.39, 0.29) is 37.4 Å². The smallest absolute Gasteiger partial charge is 0.200 e. The summed E-state index contributed by atoms with van der Waals surface area (Å²) in [6.07, 6.45) is 2.02. The zero-order valence-corrected chi connectivity index (χ0v) is 46.0. The van der Waals surface area contributed by atoms with E-state index < -0.39 is 8.07 Å². The molecule has 4 heterocycles. The molecule has 0 atom stereocenters. The second-order valence-corrected chi connectivity index (χ2v) is 26.6. The van der Waals surface area contributed by atoms with E-state index in [0.717, 1.165) is 72.4 Å². The molecule has 0 amide bonds. The predicted octanol–water partition coefficient (Wildman–Crippen LogP) is 17.1. The van der Waals surface area contributed by atoms with Crippen molar-refractivity contribution < 1.29 is 28.9 Å². The minimum absolute atomic E-state index is 0. The van der Waals surface area contributed by atoms with E-state index in [9.17, 15) is 0 Å². The van der Waals surface area contributed by atoms with Crippen molar-refractivity contribution in [3.8, 4) is 39.5 Å². The van der Waals surface area contributed by atoms with E-state index in [1.54, 1.807) is 0 Å². The molecule has 0 N–H and O–H groups in total. The number of furan rings is 1. The molecule has 0 aliphatic carbocycles. The third-order valence-corrected chi connectivity index (χ3v) is 15.7. The van der Waals surface area contributed by atoms with Gasteiger partial charge in [0, 0.05) is 42.8 Å². The molecular formula is C64H58IrN4O2Si-2. The quantitative estimate of drug-likeness (QED) is 0.0903. The molecule has 1 radical (unpaired) electrons. The number of imidazole rings is 1. The maximum atomic E-state index is 6.93. The largest absolute Gasteiger partial charge is 0.501 e. The second-order valence-electron chi connectivity index (χ2n) is 21.5. The molecule has 8 aromatic carbocycles. The number of nitrogens with zero attached hydrogens (tertiary/aromatic N) is 4. The monoisotopic (exact) mass is 1140 g/mol. The Kier molecular flexibility index (Phi) is 12.8. The normalized spacial score (nSPS) is 12.2. The van der Waals surface area contributed by atoms with Crippen LogP contribution in [0.4, 0.5) is 0 Å². The Balaban J connectivity index is 0.000000300. The number of hydrogen-bond acceptors (Lipinski definition) is 5. The van der Waals surface area contributed by atoms with Crippen molar-refractivity contribution in [2.45, 2.75) is 85.4 Å². The van der Waals surface area contributed by atoms with Crippen LogP contribution >= 0.6 is 0 Å². The summed E-state index contributed by atoms with van der Waals surface area (Å²) in [5, 5.41) is 8.27. The van der Waals surface area contributed by atoms with Crippen LogP contribution in [0.5, 0.6) is 0 Å². The Hall–Kier alpha value is -6.96. The van der Waals surface area contributed by atoms with Crippen LogP contribution in [0.3, 0.4) is 0 Å². The summed E-state index contributed by atoms with van der Waals surface area (Å²) in [7, 11) is -1.23. The zero-order chi connectivity index (χ0) is 49.3. The molecule has 0 fully saturated rings. The van der Waals surface area contributed by atoms with Crippen LogP contribution in [0.15, 0.2) is 167 Å². The molecule has 0 spiro atoms. The number of benzene rings is 8. The van der Waals surface area contributed by atoms with Gasteiger partial charge in [-0.15, -0.1) is 54.1 Å². The first-order chi connectivity index (χ1) is 34.1. The topological polar surface area (TPSA) is 69.9 Å². The van der Waals surface area contributed by atoms with Gasteiger partial charge < -0.3 is 18.4 Å². The number of rotatable bonds is 7. The molecule has 0 saturated carbocycles. The summed E-state index contributed by atoms with van der Waals surface area (Å²) in [5.41, 5.74) is 13.4. The minimum atomic E-state index is -1.23. The van der Waals surface area contributed by atoms with Gasteiger partial charge in [-0.1, -0.05) is 158 Å². The van der Waals surface area contributed by atoms with Gasteiger partial charge in [-0.05, 0) is 103 Å². The Labute approximate surface area is 436 Å². The summed E-state index contributed by atoms with van der Waals surface area (Å²) in [5.74, 6) is 1.86. The van der Waals surface area contributed by atoms with Crippen LogP contribution in [-0.4, -0.2) is 27.6 Å². The molecule has 4 aromatic heterocycles. The van der Waals surface area contributed by atoms with Gasteiger partial charge in [-0.3, -0.25) is 4.98 Å². The minimum Gasteiger partial charge on any atom is -0.501 e. The van der Waals surface area contributed by atoms with Crippen LogP contribution in [-0.2, 0) is 25.5 Å². The molecule has 8 heteroatoms. The third kappa shape index (κ3) is 8.80. The Bertz CT molecular complexity index is 3920. The molecular weight excluding hydrogens is 1080 g/mol. The summed E-state index contributed by atoms with van der Waals surface area (Å²) in [4.78, 5) is 15.0. The molecule has 12 rings (SSSR count). The van der Waals surface area contributed by atoms with Crippen molar-refractivity contribution in [1.29, 1.82) is 0 Å². The van der Waals surface area contributed by atoms with E-state index in [2.05, 4.69) is 205 Å². The van der Waals surface area contributed by atoms with Gasteiger partial charge in [0.15, 0.2) is 5.58 Å². The summed E-state index contributed by atoms with van der Waals surface area (Å²) < 4.78 is 16.0. The van der Waals surface area contributed by atoms with Crippen molar-refractivity contribution in [2.75, 3.05) is 0 Å². The van der Waals surface area contributed by atoms with E-state index >= 15 is 0 Å². The molecule has 6 nitrogen and oxygen atoms in total. The van der Waals surface area contributed by atoms with Crippen LogP contribution < -0.4 is 5.19 Å². The van der Waals surface area contributed by atoms with Crippen molar-refractivity contribution in [3.05, 3.63) is 187 Å². The van der Waals surface area contributed by atoms with Crippen LogP contribution in [0.1, 0.15) is 77.3 Å². The summed E-state index contributed by atoms with van der Waals surface area (Å²) >= 11 is 0. The van der Waals surface area contributed by atoms with Crippen molar-refractivity contribution in [3.63, 3.8) is 0 Å². The summed E-state index contributed by atoms with van der Waals surface area (Å²) in [6.45, 7) is 22.5. The fourth-order valence-corrected chi connectivity index (χ4v) is 10.9. The average molecular weight is 1140 g/mol. The van der Waals surface area contributed by atoms with E-state index in [1.807, 2.05) is 42.6 Å². The average Bonchev–Trinajstić information content (AvgIpc) is 4.10. The van der Waals surface area contributed by atoms with Crippen molar-refractivity contribution >= 4 is 78.9 Å². The second kappa shape index (κ2) is 18.9. The molecule has 0 saturated heterocycles. The molecule has 72 heavy (non-hydrogen) atoms. The van der Waals surface area contributed by atoms with Gasteiger partial charge in [0.05, 0.1) is 25.0 Å². The van der Waals surface area contributed by atoms with Gasteiger partial charge in [0.25, 0.3) is 0 Å². The van der Waals surface area contributed by atoms with Crippen LogP contribution in [0.25, 0.3) is 105 Å². The SMILES string of the molecule is CC(C)c1cc(-c2ccccc2)cc(C(C)C)c1-n1c(-c2[c-]ccc3c2oc2cc4c(ccc5ccccc54)cc23)nc2ccc3nc(C(C)(C)C)oc3c21.C[Si](C)(C)c1ccc(-c2[c-]cccc2)nc1.[Ir]. The molecule has 12 aromatic rings. The zero-order valence-electron chi connectivity index (χ0n) is 42.6. The third-order valence-electron chi connectivity index (χ3n) is 13.7. The number of aromatic nitrogens is 4. The van der Waals surface area contributed by atoms with Gasteiger partial charge in [-0.2, -0.15) is 0 Å². The van der Waals surface area contributed by atoms with E-state index in [1.165, 1.54) is 49.0 Å². The van der Waals surface area contributed by atoms with Crippen molar-refractivity contribution in [2.24, 2.45) is 0 Å². The molecule has 0 bridgehead atoms. The van der Waals surface area contributed by atoms with Gasteiger partial charge in [0.1, 0.15) is 16.6 Å². The maximum absolute atomic E-state index is 6.93. The fraction of sp³-hybridized carbons (Fsp3) is 0.203. The first-order valence-electron chi connectivity index (χ1n) is 24.8. The van der Waals surface area contributed by atoms with Gasteiger partial charge in [0.2, 0.25) is 5.89 Å². The molecule has 361 valence electrons. The first-order valence-corrected chi connectivity index (χ1v) is 28.3. The molecule has 0 aliphatic rings. The Morgan fingerprint density at radius 1 is 0.583 bits per heavy atom. The Morgan fingerprint density at radius 2 is 1.29 bits per heavy atom. The van der Waals surface area contributed by atoms with Crippen LogP contribution in [0.2, 0.25) is 19.6 Å². The predicted molar refractivity (Wildman–Crippen MR) is 299 cm³/mol. The number of hydrogen-bond donors (Lipinski definition) is 0. The number of fused-ring (bicyclic) bond motifs is 9. The van der Waals surface area contributed by atoms with Gasteiger partial charge in [-0.25, -0.2) is 4.98 Å². The fourth-order valence-electron chi connectivity index (χ4n) is 9.82. The van der Waals surface area contributed by atoms with E-state index in [4.69, 9.17) is 18.8 Å². The maximum Gasteiger partial charge on any atom is 0.200 e. The van der Waals surface area contributed by atoms with Gasteiger partial charge >= 0.3 is 0 Å².